The van der Waals surface area contributed by atoms with E-state index >= 15 is 0 Å². The summed E-state index contributed by atoms with van der Waals surface area (Å²) >= 11 is 0. The molecule has 0 aliphatic carbocycles. The molecule has 1 aromatic rings. The maximum absolute atomic E-state index is 12.0. The minimum absolute atomic E-state index is 0.359. The van der Waals surface area contributed by atoms with Gasteiger partial charge in [-0.15, -0.1) is 0 Å². The molecule has 0 N–H and O–H groups in total. The Labute approximate surface area is 139 Å². The molecule has 126 valence electrons. The first-order valence-corrected chi connectivity index (χ1v) is 9.03. The summed E-state index contributed by atoms with van der Waals surface area (Å²) in [6, 6.07) is 2.13. The fraction of sp³-hybridized carbons (Fsp3) is 0.722. The van der Waals surface area contributed by atoms with Crippen LogP contribution in [0.1, 0.15) is 50.5 Å². The molecule has 3 heterocycles. The number of likely N-dealkylation sites (tertiary alicyclic amines) is 1. The molecule has 0 spiro atoms. The van der Waals surface area contributed by atoms with Crippen molar-refractivity contribution in [2.45, 2.75) is 52.4 Å². The highest BCUT2D eigenvalue weighted by atomic mass is 16.2. The molecule has 5 heteroatoms. The van der Waals surface area contributed by atoms with Crippen molar-refractivity contribution in [3.8, 4) is 0 Å². The van der Waals surface area contributed by atoms with Gasteiger partial charge in [-0.05, 0) is 44.9 Å². The van der Waals surface area contributed by atoms with Crippen molar-refractivity contribution in [2.24, 2.45) is 5.92 Å². The second kappa shape index (κ2) is 7.28. The smallest absolute Gasteiger partial charge is 0.222 e. The molecule has 3 rings (SSSR count). The Kier molecular flexibility index (Phi) is 5.13. The van der Waals surface area contributed by atoms with E-state index in [0.717, 1.165) is 75.6 Å². The van der Waals surface area contributed by atoms with Crippen molar-refractivity contribution in [3.63, 3.8) is 0 Å². The van der Waals surface area contributed by atoms with Crippen molar-refractivity contribution in [3.05, 3.63) is 17.6 Å². The van der Waals surface area contributed by atoms with Gasteiger partial charge >= 0.3 is 0 Å². The van der Waals surface area contributed by atoms with Gasteiger partial charge in [0.15, 0.2) is 0 Å². The normalized spacial score (nSPS) is 20.2. The molecule has 0 unspecified atom stereocenters. The summed E-state index contributed by atoms with van der Waals surface area (Å²) in [5.41, 5.74) is 1.12. The van der Waals surface area contributed by atoms with Crippen LogP contribution in [0, 0.1) is 12.8 Å². The average molecular weight is 316 g/mol. The third-order valence-corrected chi connectivity index (χ3v) is 5.08. The zero-order chi connectivity index (χ0) is 16.2. The number of aromatic nitrogens is 2. The molecule has 0 aromatic carbocycles. The van der Waals surface area contributed by atoms with E-state index in [4.69, 9.17) is 0 Å². The number of rotatable bonds is 4. The van der Waals surface area contributed by atoms with Crippen LogP contribution in [0.5, 0.6) is 0 Å². The standard InChI is InChI=1S/C18H28N4O/c1-3-16-12-17(20-14(2)19-16)21-10-7-15(8-11-21)13-22-9-5-4-6-18(22)23/h12,15H,3-11,13H2,1-2H3. The highest BCUT2D eigenvalue weighted by Crippen LogP contribution is 2.24. The molecule has 2 aliphatic rings. The monoisotopic (exact) mass is 316 g/mol. The fourth-order valence-corrected chi connectivity index (χ4v) is 3.67. The molecule has 1 amide bonds. The first kappa shape index (κ1) is 16.2. The van der Waals surface area contributed by atoms with E-state index in [1.54, 1.807) is 0 Å². The third kappa shape index (κ3) is 4.01. The van der Waals surface area contributed by atoms with E-state index in [0.29, 0.717) is 11.8 Å². The van der Waals surface area contributed by atoms with Crippen molar-refractivity contribution < 1.29 is 4.79 Å². The van der Waals surface area contributed by atoms with Gasteiger partial charge in [-0.2, -0.15) is 0 Å². The van der Waals surface area contributed by atoms with E-state index in [9.17, 15) is 4.79 Å². The van der Waals surface area contributed by atoms with Gasteiger partial charge in [0.2, 0.25) is 5.91 Å². The van der Waals surface area contributed by atoms with Crippen LogP contribution in [0.25, 0.3) is 0 Å². The van der Waals surface area contributed by atoms with Gasteiger partial charge in [0, 0.05) is 44.4 Å². The Hall–Kier alpha value is -1.65. The molecule has 1 aromatic heterocycles. The van der Waals surface area contributed by atoms with Crippen LogP contribution in [0.15, 0.2) is 6.07 Å². The van der Waals surface area contributed by atoms with Gasteiger partial charge in [0.25, 0.3) is 0 Å². The lowest BCUT2D eigenvalue weighted by Gasteiger charge is -2.36. The van der Waals surface area contributed by atoms with E-state index in [-0.39, 0.29) is 0 Å². The SMILES string of the molecule is CCc1cc(N2CCC(CN3CCCCC3=O)CC2)nc(C)n1. The molecule has 2 aliphatic heterocycles. The number of anilines is 1. The van der Waals surface area contributed by atoms with Crippen molar-refractivity contribution in [2.75, 3.05) is 31.1 Å². The predicted octanol–water partition coefficient (Wildman–Crippen LogP) is 2.58. The number of hydrogen-bond acceptors (Lipinski definition) is 4. The largest absolute Gasteiger partial charge is 0.356 e. The summed E-state index contributed by atoms with van der Waals surface area (Å²) in [5.74, 6) is 2.93. The summed E-state index contributed by atoms with van der Waals surface area (Å²) in [6.07, 6.45) is 6.23. The van der Waals surface area contributed by atoms with Gasteiger partial charge in [0.05, 0.1) is 0 Å². The summed E-state index contributed by atoms with van der Waals surface area (Å²) in [5, 5.41) is 0. The fourth-order valence-electron chi connectivity index (χ4n) is 3.67. The topological polar surface area (TPSA) is 49.3 Å². The zero-order valence-electron chi connectivity index (χ0n) is 14.4. The van der Waals surface area contributed by atoms with E-state index in [1.807, 2.05) is 6.92 Å². The summed E-state index contributed by atoms with van der Waals surface area (Å²) in [7, 11) is 0. The van der Waals surface area contributed by atoms with E-state index in [2.05, 4.69) is 32.8 Å². The van der Waals surface area contributed by atoms with E-state index < -0.39 is 0 Å². The van der Waals surface area contributed by atoms with Gasteiger partial charge < -0.3 is 9.80 Å². The average Bonchev–Trinajstić information content (AvgIpc) is 2.57. The number of amides is 1. The van der Waals surface area contributed by atoms with Gasteiger partial charge in [0.1, 0.15) is 11.6 Å². The zero-order valence-corrected chi connectivity index (χ0v) is 14.4. The molecule has 0 radical (unpaired) electrons. The molecule has 0 atom stereocenters. The Bertz CT molecular complexity index is 552. The predicted molar refractivity (Wildman–Crippen MR) is 91.5 cm³/mol. The number of nitrogens with zero attached hydrogens (tertiary/aromatic N) is 4. The van der Waals surface area contributed by atoms with Crippen molar-refractivity contribution >= 4 is 11.7 Å². The molecule has 5 nitrogen and oxygen atoms in total. The molecule has 23 heavy (non-hydrogen) atoms. The highest BCUT2D eigenvalue weighted by Gasteiger charge is 2.25. The molecule has 0 saturated carbocycles. The number of hydrogen-bond donors (Lipinski definition) is 0. The van der Waals surface area contributed by atoms with Crippen molar-refractivity contribution in [1.82, 2.24) is 14.9 Å². The summed E-state index contributed by atoms with van der Waals surface area (Å²) < 4.78 is 0. The number of aryl methyl sites for hydroxylation is 2. The lowest BCUT2D eigenvalue weighted by atomic mass is 9.95. The van der Waals surface area contributed by atoms with Gasteiger partial charge in [-0.1, -0.05) is 6.92 Å². The van der Waals surface area contributed by atoms with Gasteiger partial charge in [-0.3, -0.25) is 4.79 Å². The molecular formula is C18H28N4O. The Morgan fingerprint density at radius 1 is 1.17 bits per heavy atom. The van der Waals surface area contributed by atoms with Crippen LogP contribution in [-0.2, 0) is 11.2 Å². The third-order valence-electron chi connectivity index (χ3n) is 5.08. The van der Waals surface area contributed by atoms with Crippen LogP contribution in [0.3, 0.4) is 0 Å². The maximum Gasteiger partial charge on any atom is 0.222 e. The minimum Gasteiger partial charge on any atom is -0.356 e. The Morgan fingerprint density at radius 3 is 2.65 bits per heavy atom. The van der Waals surface area contributed by atoms with Crippen LogP contribution in [-0.4, -0.2) is 47.0 Å². The highest BCUT2D eigenvalue weighted by molar-refractivity contribution is 5.76. The number of carbonyl (C=O) groups excluding carboxylic acids is 1. The van der Waals surface area contributed by atoms with Crippen LogP contribution in [0.2, 0.25) is 0 Å². The Morgan fingerprint density at radius 2 is 1.96 bits per heavy atom. The summed E-state index contributed by atoms with van der Waals surface area (Å²) in [6.45, 7) is 8.09. The van der Waals surface area contributed by atoms with Crippen LogP contribution < -0.4 is 4.90 Å². The van der Waals surface area contributed by atoms with Crippen LogP contribution >= 0.6 is 0 Å². The lowest BCUT2D eigenvalue weighted by molar-refractivity contribution is -0.134. The molecule has 2 fully saturated rings. The first-order chi connectivity index (χ1) is 11.2. The first-order valence-electron chi connectivity index (χ1n) is 9.03. The number of carbonyl (C=O) groups is 1. The van der Waals surface area contributed by atoms with Crippen LogP contribution in [0.4, 0.5) is 5.82 Å². The van der Waals surface area contributed by atoms with E-state index in [1.165, 1.54) is 6.42 Å². The lowest BCUT2D eigenvalue weighted by Crippen LogP contribution is -2.43. The summed E-state index contributed by atoms with van der Waals surface area (Å²) in [4.78, 5) is 25.5. The molecule has 2 saturated heterocycles. The molecule has 0 bridgehead atoms. The quantitative estimate of drug-likeness (QED) is 0.856. The molecular weight excluding hydrogens is 288 g/mol. The van der Waals surface area contributed by atoms with Crippen molar-refractivity contribution in [1.29, 1.82) is 0 Å². The second-order valence-corrected chi connectivity index (χ2v) is 6.85. The maximum atomic E-state index is 12.0. The number of piperidine rings is 2. The minimum atomic E-state index is 0.359. The second-order valence-electron chi connectivity index (χ2n) is 6.85. The van der Waals surface area contributed by atoms with Gasteiger partial charge in [-0.25, -0.2) is 9.97 Å². The Balaban J connectivity index is 1.56.